The van der Waals surface area contributed by atoms with Crippen LogP contribution in [0.3, 0.4) is 0 Å². The van der Waals surface area contributed by atoms with Gasteiger partial charge in [-0.25, -0.2) is 4.79 Å². The van der Waals surface area contributed by atoms with E-state index in [9.17, 15) is 14.4 Å². The maximum atomic E-state index is 12.5. The minimum atomic E-state index is -0.573. The van der Waals surface area contributed by atoms with Crippen LogP contribution in [0.5, 0.6) is 0 Å². The van der Waals surface area contributed by atoms with E-state index in [1.165, 1.54) is 0 Å². The minimum absolute atomic E-state index is 0.0613. The number of imide groups is 1. The van der Waals surface area contributed by atoms with Crippen LogP contribution in [-0.2, 0) is 9.59 Å². The lowest BCUT2D eigenvalue weighted by atomic mass is 9.97. The molecular weight excluding hydrogens is 353 g/mol. The standard InChI is InChI=1S/C16H17Cl2N3O3/c1-16(3-2-13(22)20-16)8-21-14(23)7-12(19-15(21)24)9-4-10(17)6-11(18)5-9/h4-6,12H,2-3,7-8H2,1H3,(H,19,24)(H,20,22)/t12-,16?/m0/s1. The third kappa shape index (κ3) is 3.49. The highest BCUT2D eigenvalue weighted by Gasteiger charge is 2.40. The van der Waals surface area contributed by atoms with Crippen LogP contribution in [-0.4, -0.2) is 34.8 Å². The monoisotopic (exact) mass is 369 g/mol. The van der Waals surface area contributed by atoms with E-state index in [0.29, 0.717) is 28.5 Å². The molecule has 0 spiro atoms. The summed E-state index contributed by atoms with van der Waals surface area (Å²) in [6.45, 7) is 1.99. The zero-order chi connectivity index (χ0) is 17.5. The summed E-state index contributed by atoms with van der Waals surface area (Å²) in [6.07, 6.45) is 1.12. The molecule has 24 heavy (non-hydrogen) atoms. The van der Waals surface area contributed by atoms with Crippen LogP contribution >= 0.6 is 23.2 Å². The third-order valence-corrected chi connectivity index (χ3v) is 4.80. The molecule has 3 rings (SSSR count). The molecule has 1 aromatic carbocycles. The molecule has 2 atom stereocenters. The molecule has 1 unspecified atom stereocenters. The highest BCUT2D eigenvalue weighted by Crippen LogP contribution is 2.29. The summed E-state index contributed by atoms with van der Waals surface area (Å²) in [7, 11) is 0. The van der Waals surface area contributed by atoms with Gasteiger partial charge < -0.3 is 10.6 Å². The first-order chi connectivity index (χ1) is 11.3. The second-order valence-corrected chi connectivity index (χ2v) is 7.37. The summed E-state index contributed by atoms with van der Waals surface area (Å²) in [6, 6.07) is 4.01. The molecule has 128 valence electrons. The van der Waals surface area contributed by atoms with Crippen LogP contribution in [0.4, 0.5) is 4.79 Å². The number of nitrogens with one attached hydrogen (secondary N) is 2. The number of hydrogen-bond donors (Lipinski definition) is 2. The Morgan fingerprint density at radius 1 is 1.21 bits per heavy atom. The Kier molecular flexibility index (Phi) is 4.44. The molecule has 1 aromatic rings. The zero-order valence-electron chi connectivity index (χ0n) is 13.1. The molecule has 2 heterocycles. The van der Waals surface area contributed by atoms with E-state index in [0.717, 1.165) is 4.90 Å². The summed E-state index contributed by atoms with van der Waals surface area (Å²) < 4.78 is 0. The lowest BCUT2D eigenvalue weighted by molar-refractivity contribution is -0.131. The van der Waals surface area contributed by atoms with Crippen LogP contribution in [0.25, 0.3) is 0 Å². The van der Waals surface area contributed by atoms with Crippen molar-refractivity contribution in [3.63, 3.8) is 0 Å². The smallest absolute Gasteiger partial charge is 0.324 e. The summed E-state index contributed by atoms with van der Waals surface area (Å²) >= 11 is 12.0. The molecule has 8 heteroatoms. The van der Waals surface area contributed by atoms with Gasteiger partial charge in [-0.2, -0.15) is 0 Å². The fraction of sp³-hybridized carbons (Fsp3) is 0.438. The van der Waals surface area contributed by atoms with Crippen molar-refractivity contribution < 1.29 is 14.4 Å². The van der Waals surface area contributed by atoms with Crippen molar-refractivity contribution in [2.24, 2.45) is 0 Å². The highest BCUT2D eigenvalue weighted by molar-refractivity contribution is 6.34. The number of urea groups is 1. The predicted octanol–water partition coefficient (Wildman–Crippen LogP) is 2.65. The van der Waals surface area contributed by atoms with Crippen molar-refractivity contribution in [1.82, 2.24) is 15.5 Å². The number of nitrogens with zero attached hydrogens (tertiary/aromatic N) is 1. The van der Waals surface area contributed by atoms with Crippen LogP contribution in [0.15, 0.2) is 18.2 Å². The van der Waals surface area contributed by atoms with Crippen molar-refractivity contribution in [2.75, 3.05) is 6.54 Å². The number of halogens is 2. The molecule has 2 saturated heterocycles. The van der Waals surface area contributed by atoms with Gasteiger partial charge in [0, 0.05) is 16.5 Å². The molecule has 0 radical (unpaired) electrons. The Balaban J connectivity index is 1.74. The molecule has 6 nitrogen and oxygen atoms in total. The SMILES string of the molecule is CC1(CN2C(=O)C[C@@H](c3cc(Cl)cc(Cl)c3)NC2=O)CCC(=O)N1. The molecule has 0 aliphatic carbocycles. The summed E-state index contributed by atoms with van der Waals surface area (Å²) in [5, 5.41) is 6.53. The first-order valence-corrected chi connectivity index (χ1v) is 8.39. The van der Waals surface area contributed by atoms with E-state index in [1.807, 2.05) is 6.92 Å². The molecule has 0 saturated carbocycles. The Morgan fingerprint density at radius 2 is 1.88 bits per heavy atom. The van der Waals surface area contributed by atoms with Crippen LogP contribution in [0.1, 0.15) is 37.8 Å². The fourth-order valence-electron chi connectivity index (χ4n) is 3.13. The van der Waals surface area contributed by atoms with Gasteiger partial charge in [0.1, 0.15) is 0 Å². The predicted molar refractivity (Wildman–Crippen MR) is 89.8 cm³/mol. The third-order valence-electron chi connectivity index (χ3n) is 4.36. The topological polar surface area (TPSA) is 78.5 Å². The molecule has 2 aliphatic rings. The molecule has 2 aliphatic heterocycles. The number of rotatable bonds is 3. The lowest BCUT2D eigenvalue weighted by Gasteiger charge is -2.36. The van der Waals surface area contributed by atoms with Crippen molar-refractivity contribution in [3.05, 3.63) is 33.8 Å². The van der Waals surface area contributed by atoms with Crippen molar-refractivity contribution in [2.45, 2.75) is 37.8 Å². The number of carbonyl (C=O) groups is 3. The number of carbonyl (C=O) groups excluding carboxylic acids is 3. The van der Waals surface area contributed by atoms with Crippen LogP contribution in [0.2, 0.25) is 10.0 Å². The van der Waals surface area contributed by atoms with Crippen LogP contribution < -0.4 is 10.6 Å². The van der Waals surface area contributed by atoms with Gasteiger partial charge in [-0.3, -0.25) is 14.5 Å². The second-order valence-electron chi connectivity index (χ2n) is 6.50. The van der Waals surface area contributed by atoms with Gasteiger partial charge in [-0.1, -0.05) is 23.2 Å². The molecule has 0 bridgehead atoms. The van der Waals surface area contributed by atoms with Gasteiger partial charge in [-0.05, 0) is 37.1 Å². The maximum Gasteiger partial charge on any atom is 0.324 e. The number of benzene rings is 1. The zero-order valence-corrected chi connectivity index (χ0v) is 14.6. The van der Waals surface area contributed by atoms with E-state index in [2.05, 4.69) is 10.6 Å². The Hall–Kier alpha value is -1.79. The van der Waals surface area contributed by atoms with Crippen molar-refractivity contribution in [1.29, 1.82) is 0 Å². The largest absolute Gasteiger partial charge is 0.349 e. The van der Waals surface area contributed by atoms with Crippen LogP contribution in [0, 0.1) is 0 Å². The molecule has 0 aromatic heterocycles. The highest BCUT2D eigenvalue weighted by atomic mass is 35.5. The van der Waals surface area contributed by atoms with Gasteiger partial charge in [0.15, 0.2) is 0 Å². The molecule has 2 fully saturated rings. The normalized spacial score (nSPS) is 27.2. The average molecular weight is 370 g/mol. The van der Waals surface area contributed by atoms with Crippen molar-refractivity contribution in [3.8, 4) is 0 Å². The van der Waals surface area contributed by atoms with E-state index >= 15 is 0 Å². The van der Waals surface area contributed by atoms with E-state index in [-0.39, 0.29) is 24.8 Å². The van der Waals surface area contributed by atoms with Gasteiger partial charge in [0.25, 0.3) is 0 Å². The second kappa shape index (κ2) is 6.26. The Bertz CT molecular complexity index is 686. The van der Waals surface area contributed by atoms with Gasteiger partial charge >= 0.3 is 6.03 Å². The van der Waals surface area contributed by atoms with Gasteiger partial charge in [-0.15, -0.1) is 0 Å². The van der Waals surface area contributed by atoms with E-state index in [4.69, 9.17) is 23.2 Å². The molecule has 2 N–H and O–H groups in total. The van der Waals surface area contributed by atoms with Crippen molar-refractivity contribution >= 4 is 41.0 Å². The summed E-state index contributed by atoms with van der Waals surface area (Å²) in [4.78, 5) is 37.4. The van der Waals surface area contributed by atoms with Gasteiger partial charge in [0.05, 0.1) is 24.5 Å². The first-order valence-electron chi connectivity index (χ1n) is 7.64. The molecule has 4 amide bonds. The number of amides is 4. The quantitative estimate of drug-likeness (QED) is 0.859. The van der Waals surface area contributed by atoms with E-state index < -0.39 is 17.6 Å². The average Bonchev–Trinajstić information content (AvgIpc) is 2.81. The summed E-state index contributed by atoms with van der Waals surface area (Å²) in [5.41, 5.74) is 0.116. The van der Waals surface area contributed by atoms with E-state index in [1.54, 1.807) is 18.2 Å². The van der Waals surface area contributed by atoms with Gasteiger partial charge in [0.2, 0.25) is 11.8 Å². The lowest BCUT2D eigenvalue weighted by Crippen LogP contribution is -2.58. The maximum absolute atomic E-state index is 12.5. The Labute approximate surface area is 149 Å². The minimum Gasteiger partial charge on any atom is -0.349 e. The first kappa shape index (κ1) is 17.0. The number of hydrogen-bond acceptors (Lipinski definition) is 3. The fourth-order valence-corrected chi connectivity index (χ4v) is 3.68. The summed E-state index contributed by atoms with van der Waals surface area (Å²) in [5.74, 6) is -0.351. The molecular formula is C16H17Cl2N3O3. The Morgan fingerprint density at radius 3 is 2.42 bits per heavy atom.